The summed E-state index contributed by atoms with van der Waals surface area (Å²) < 4.78 is 0. The van der Waals surface area contributed by atoms with Crippen molar-refractivity contribution in [3.05, 3.63) is 46.1 Å². The van der Waals surface area contributed by atoms with Crippen molar-refractivity contribution in [3.8, 4) is 0 Å². The first kappa shape index (κ1) is 15.7. The zero-order valence-electron chi connectivity index (χ0n) is 12.5. The molecule has 0 aliphatic carbocycles. The number of hydrogen-bond acceptors (Lipinski definition) is 5. The molecule has 3 aromatic rings. The molecule has 7 heteroatoms. The second kappa shape index (κ2) is 6.52. The van der Waals surface area contributed by atoms with Crippen LogP contribution in [0.3, 0.4) is 0 Å². The van der Waals surface area contributed by atoms with Crippen LogP contribution < -0.4 is 11.1 Å². The number of anilines is 2. The molecule has 0 saturated heterocycles. The predicted octanol–water partition coefficient (Wildman–Crippen LogP) is 4.13. The smallest absolute Gasteiger partial charge is 0.269 e. The highest BCUT2D eigenvalue weighted by molar-refractivity contribution is 7.21. The van der Waals surface area contributed by atoms with Gasteiger partial charge in [-0.15, -0.1) is 11.3 Å². The molecular weight excluding hydrogens is 332 g/mol. The van der Waals surface area contributed by atoms with E-state index < -0.39 is 0 Å². The Morgan fingerprint density at radius 1 is 1.35 bits per heavy atom. The van der Waals surface area contributed by atoms with Gasteiger partial charge in [-0.1, -0.05) is 24.9 Å². The molecule has 0 aliphatic rings. The minimum Gasteiger partial charge on any atom is -0.397 e. The maximum absolute atomic E-state index is 12.4. The van der Waals surface area contributed by atoms with Crippen LogP contribution in [0.1, 0.15) is 28.7 Å². The number of nitrogens with one attached hydrogen (secondary N) is 1. The lowest BCUT2D eigenvalue weighted by Crippen LogP contribution is -2.12. The van der Waals surface area contributed by atoms with E-state index in [1.165, 1.54) is 17.5 Å². The van der Waals surface area contributed by atoms with E-state index in [-0.39, 0.29) is 5.91 Å². The normalized spacial score (nSPS) is 10.9. The maximum atomic E-state index is 12.4. The number of halogens is 1. The number of amides is 1. The van der Waals surface area contributed by atoms with Gasteiger partial charge in [0.1, 0.15) is 15.5 Å². The second-order valence-electron chi connectivity index (χ2n) is 5.07. The number of fused-ring (bicyclic) bond motifs is 1. The summed E-state index contributed by atoms with van der Waals surface area (Å²) in [6.07, 6.45) is 3.41. The van der Waals surface area contributed by atoms with Gasteiger partial charge >= 0.3 is 0 Å². The third-order valence-corrected chi connectivity index (χ3v) is 4.67. The number of thiophene rings is 1. The van der Waals surface area contributed by atoms with Crippen molar-refractivity contribution < 1.29 is 4.79 Å². The Labute approximate surface area is 142 Å². The van der Waals surface area contributed by atoms with Crippen LogP contribution in [0.4, 0.5) is 11.5 Å². The fourth-order valence-corrected chi connectivity index (χ4v) is 3.34. The monoisotopic (exact) mass is 346 g/mol. The summed E-state index contributed by atoms with van der Waals surface area (Å²) in [5.74, 6) is 0.133. The van der Waals surface area contributed by atoms with Gasteiger partial charge in [0.15, 0.2) is 0 Å². The predicted molar refractivity (Wildman–Crippen MR) is 95.2 cm³/mol. The van der Waals surface area contributed by atoms with Gasteiger partial charge in [-0.25, -0.2) is 9.97 Å². The summed E-state index contributed by atoms with van der Waals surface area (Å²) in [4.78, 5) is 22.3. The maximum Gasteiger partial charge on any atom is 0.269 e. The standard InChI is InChI=1S/C16H15ClN4OS/c1-2-3-10-5-6-11-13(18)14(23-16(11)20-10)15(22)21-12-7-4-9(17)8-19-12/h4-8H,2-3,18H2,1H3,(H,19,21,22). The van der Waals surface area contributed by atoms with Crippen molar-refractivity contribution in [3.63, 3.8) is 0 Å². The second-order valence-corrected chi connectivity index (χ2v) is 6.50. The van der Waals surface area contributed by atoms with Gasteiger partial charge in [0.05, 0.1) is 10.7 Å². The molecule has 0 aromatic carbocycles. The fourth-order valence-electron chi connectivity index (χ4n) is 2.22. The van der Waals surface area contributed by atoms with E-state index in [0.29, 0.717) is 21.4 Å². The van der Waals surface area contributed by atoms with E-state index in [1.807, 2.05) is 12.1 Å². The first-order valence-corrected chi connectivity index (χ1v) is 8.38. The Kier molecular flexibility index (Phi) is 4.45. The number of rotatable bonds is 4. The number of aromatic nitrogens is 2. The molecule has 23 heavy (non-hydrogen) atoms. The molecule has 1 amide bonds. The van der Waals surface area contributed by atoms with Gasteiger partial charge in [0, 0.05) is 17.3 Å². The molecule has 0 fully saturated rings. The van der Waals surface area contributed by atoms with Crippen LogP contribution >= 0.6 is 22.9 Å². The summed E-state index contributed by atoms with van der Waals surface area (Å²) in [7, 11) is 0. The van der Waals surface area contributed by atoms with Gasteiger partial charge in [0.25, 0.3) is 5.91 Å². The van der Waals surface area contributed by atoms with E-state index >= 15 is 0 Å². The average molecular weight is 347 g/mol. The molecular formula is C16H15ClN4OS. The zero-order valence-corrected chi connectivity index (χ0v) is 14.0. The van der Waals surface area contributed by atoms with Crippen LogP contribution in [0, 0.1) is 0 Å². The summed E-state index contributed by atoms with van der Waals surface area (Å²) in [5.41, 5.74) is 7.57. The molecule has 0 aliphatic heterocycles. The number of aryl methyl sites for hydroxylation is 1. The number of carbonyl (C=O) groups excluding carboxylic acids is 1. The number of pyridine rings is 2. The highest BCUT2D eigenvalue weighted by Gasteiger charge is 2.18. The Morgan fingerprint density at radius 3 is 2.87 bits per heavy atom. The van der Waals surface area contributed by atoms with Crippen LogP contribution in [0.25, 0.3) is 10.2 Å². The lowest BCUT2D eigenvalue weighted by molar-refractivity contribution is 0.103. The Bertz CT molecular complexity index is 860. The van der Waals surface area contributed by atoms with Crippen LogP contribution in [-0.4, -0.2) is 15.9 Å². The Morgan fingerprint density at radius 2 is 2.17 bits per heavy atom. The molecule has 0 atom stereocenters. The van der Waals surface area contributed by atoms with Crippen LogP contribution in [0.15, 0.2) is 30.5 Å². The highest BCUT2D eigenvalue weighted by atomic mass is 35.5. The molecule has 3 aromatic heterocycles. The first-order chi connectivity index (χ1) is 11.1. The highest BCUT2D eigenvalue weighted by Crippen LogP contribution is 2.33. The Balaban J connectivity index is 1.90. The van der Waals surface area contributed by atoms with Crippen molar-refractivity contribution in [2.45, 2.75) is 19.8 Å². The molecule has 0 unspecified atom stereocenters. The van der Waals surface area contributed by atoms with Crippen molar-refractivity contribution in [1.82, 2.24) is 9.97 Å². The SMILES string of the molecule is CCCc1ccc2c(N)c(C(=O)Nc3ccc(Cl)cn3)sc2n1. The number of nitrogens with zero attached hydrogens (tertiary/aromatic N) is 2. The largest absolute Gasteiger partial charge is 0.397 e. The first-order valence-electron chi connectivity index (χ1n) is 7.19. The summed E-state index contributed by atoms with van der Waals surface area (Å²) >= 11 is 7.08. The third kappa shape index (κ3) is 3.28. The van der Waals surface area contributed by atoms with Gasteiger partial charge in [0.2, 0.25) is 0 Å². The van der Waals surface area contributed by atoms with E-state index in [4.69, 9.17) is 17.3 Å². The minimum absolute atomic E-state index is 0.294. The zero-order chi connectivity index (χ0) is 16.4. The molecule has 3 heterocycles. The number of nitrogen functional groups attached to an aromatic ring is 1. The number of hydrogen-bond donors (Lipinski definition) is 2. The summed E-state index contributed by atoms with van der Waals surface area (Å²) in [6.45, 7) is 2.10. The molecule has 0 bridgehead atoms. The topological polar surface area (TPSA) is 80.9 Å². The average Bonchev–Trinajstić information content (AvgIpc) is 2.87. The van der Waals surface area contributed by atoms with Gasteiger partial charge in [-0.3, -0.25) is 4.79 Å². The molecule has 5 nitrogen and oxygen atoms in total. The number of carbonyl (C=O) groups is 1. The van der Waals surface area contributed by atoms with Crippen LogP contribution in [0.2, 0.25) is 5.02 Å². The van der Waals surface area contributed by atoms with Crippen LogP contribution in [-0.2, 0) is 6.42 Å². The van der Waals surface area contributed by atoms with Gasteiger partial charge < -0.3 is 11.1 Å². The molecule has 3 rings (SSSR count). The van der Waals surface area contributed by atoms with Gasteiger partial charge in [-0.05, 0) is 30.7 Å². The Hall–Kier alpha value is -2.18. The fraction of sp³-hybridized carbons (Fsp3) is 0.188. The minimum atomic E-state index is -0.294. The van der Waals surface area contributed by atoms with Crippen molar-refractivity contribution in [2.75, 3.05) is 11.1 Å². The van der Waals surface area contributed by atoms with E-state index in [2.05, 4.69) is 22.2 Å². The van der Waals surface area contributed by atoms with E-state index in [1.54, 1.807) is 12.1 Å². The van der Waals surface area contributed by atoms with Crippen molar-refractivity contribution in [2.24, 2.45) is 0 Å². The lowest BCUT2D eigenvalue weighted by atomic mass is 10.2. The number of nitrogens with two attached hydrogens (primary N) is 1. The van der Waals surface area contributed by atoms with Gasteiger partial charge in [-0.2, -0.15) is 0 Å². The van der Waals surface area contributed by atoms with Crippen LogP contribution in [0.5, 0.6) is 0 Å². The molecule has 0 radical (unpaired) electrons. The van der Waals surface area contributed by atoms with Crippen molar-refractivity contribution >= 4 is 50.6 Å². The van der Waals surface area contributed by atoms with Crippen molar-refractivity contribution in [1.29, 1.82) is 0 Å². The summed E-state index contributed by atoms with van der Waals surface area (Å²) in [6, 6.07) is 7.19. The van der Waals surface area contributed by atoms with E-state index in [9.17, 15) is 4.79 Å². The molecule has 0 saturated carbocycles. The lowest BCUT2D eigenvalue weighted by Gasteiger charge is -2.03. The third-order valence-electron chi connectivity index (χ3n) is 3.33. The molecule has 3 N–H and O–H groups in total. The molecule has 0 spiro atoms. The van der Waals surface area contributed by atoms with E-state index in [0.717, 1.165) is 28.8 Å². The quantitative estimate of drug-likeness (QED) is 0.744. The molecule has 118 valence electrons. The summed E-state index contributed by atoms with van der Waals surface area (Å²) in [5, 5.41) is 4.04.